The van der Waals surface area contributed by atoms with Crippen molar-refractivity contribution in [3.8, 4) is 0 Å². The summed E-state index contributed by atoms with van der Waals surface area (Å²) in [6.07, 6.45) is -3.41. The number of halogens is 4. The molecular weight excluding hydrogens is 425 g/mol. The number of hydrogen-bond acceptors (Lipinski definition) is 3. The van der Waals surface area contributed by atoms with E-state index in [0.717, 1.165) is 23.9 Å². The highest BCUT2D eigenvalue weighted by atomic mass is 35.5. The van der Waals surface area contributed by atoms with Crippen molar-refractivity contribution in [2.24, 2.45) is 0 Å². The maximum Gasteiger partial charge on any atom is 0.418 e. The first-order valence-electron chi connectivity index (χ1n) is 8.33. The minimum Gasteiger partial charge on any atom is -0.618 e. The van der Waals surface area contributed by atoms with Crippen molar-refractivity contribution in [2.75, 3.05) is 5.32 Å². The number of alkyl halides is 3. The standard InChI is InChI=1S/C20H14ClF3N2O2S/c21-14-9-10-16(15(12-14)20(22,23)24)25-19(27)18(13-6-2-1-3-7-13)29-17-8-4-5-11-26(17)28/h1-12,18H,(H,25,27)/t18-/m1/s1. The molecular formula is C20H14ClF3N2O2S. The Balaban J connectivity index is 1.95. The van der Waals surface area contributed by atoms with Gasteiger partial charge in [0, 0.05) is 17.2 Å². The number of benzene rings is 2. The van der Waals surface area contributed by atoms with Gasteiger partial charge in [0.15, 0.2) is 6.20 Å². The summed E-state index contributed by atoms with van der Waals surface area (Å²) in [4.78, 5) is 12.9. The lowest BCUT2D eigenvalue weighted by Gasteiger charge is -2.19. The van der Waals surface area contributed by atoms with Crippen molar-refractivity contribution >= 4 is 35.0 Å². The Morgan fingerprint density at radius 2 is 1.76 bits per heavy atom. The molecule has 1 amide bonds. The molecule has 0 bridgehead atoms. The predicted molar refractivity (Wildman–Crippen MR) is 106 cm³/mol. The molecule has 3 aromatic rings. The van der Waals surface area contributed by atoms with Crippen LogP contribution in [0.5, 0.6) is 0 Å². The number of hydrogen-bond donors (Lipinski definition) is 1. The molecule has 0 saturated heterocycles. The van der Waals surface area contributed by atoms with Crippen molar-refractivity contribution in [1.29, 1.82) is 0 Å². The zero-order valence-electron chi connectivity index (χ0n) is 14.7. The Morgan fingerprint density at radius 3 is 2.41 bits per heavy atom. The highest BCUT2D eigenvalue weighted by Gasteiger charge is 2.35. The smallest absolute Gasteiger partial charge is 0.418 e. The summed E-state index contributed by atoms with van der Waals surface area (Å²) in [7, 11) is 0. The van der Waals surface area contributed by atoms with Crippen molar-refractivity contribution < 1.29 is 22.7 Å². The zero-order valence-corrected chi connectivity index (χ0v) is 16.3. The zero-order chi connectivity index (χ0) is 21.0. The molecule has 3 rings (SSSR count). The van der Waals surface area contributed by atoms with Gasteiger partial charge < -0.3 is 10.5 Å². The summed E-state index contributed by atoms with van der Waals surface area (Å²) in [5.74, 6) is -0.696. The lowest BCUT2D eigenvalue weighted by molar-refractivity contribution is -0.645. The van der Waals surface area contributed by atoms with Crippen LogP contribution in [0.15, 0.2) is 78.0 Å². The van der Waals surface area contributed by atoms with Gasteiger partial charge in [-0.15, -0.1) is 0 Å². The first kappa shape index (κ1) is 21.0. The summed E-state index contributed by atoms with van der Waals surface area (Å²) in [5, 5.41) is 13.5. The van der Waals surface area contributed by atoms with Gasteiger partial charge in [-0.2, -0.15) is 17.9 Å². The number of carbonyl (C=O) groups is 1. The third-order valence-electron chi connectivity index (χ3n) is 3.91. The van der Waals surface area contributed by atoms with Crippen LogP contribution in [0.3, 0.4) is 0 Å². The molecule has 9 heteroatoms. The van der Waals surface area contributed by atoms with E-state index in [2.05, 4.69) is 5.32 Å². The molecule has 0 saturated carbocycles. The molecule has 0 radical (unpaired) electrons. The molecule has 1 atom stereocenters. The minimum atomic E-state index is -4.69. The second kappa shape index (κ2) is 8.75. The molecule has 1 N–H and O–H groups in total. The first-order chi connectivity index (χ1) is 13.8. The summed E-state index contributed by atoms with van der Waals surface area (Å²) in [6.45, 7) is 0. The van der Waals surface area contributed by atoms with Crippen molar-refractivity contribution in [3.05, 3.63) is 94.3 Å². The van der Waals surface area contributed by atoms with Gasteiger partial charge in [0.1, 0.15) is 5.25 Å². The van der Waals surface area contributed by atoms with Gasteiger partial charge in [-0.05, 0) is 41.6 Å². The van der Waals surface area contributed by atoms with E-state index in [9.17, 15) is 23.2 Å². The maximum absolute atomic E-state index is 13.3. The molecule has 0 unspecified atom stereocenters. The molecule has 1 heterocycles. The number of pyridine rings is 1. The van der Waals surface area contributed by atoms with Gasteiger partial charge in [0.2, 0.25) is 5.91 Å². The number of nitrogens with one attached hydrogen (secondary N) is 1. The Bertz CT molecular complexity index is 1020. The quantitative estimate of drug-likeness (QED) is 0.327. The van der Waals surface area contributed by atoms with E-state index in [4.69, 9.17) is 11.6 Å². The van der Waals surface area contributed by atoms with Gasteiger partial charge in [0.25, 0.3) is 5.03 Å². The van der Waals surface area contributed by atoms with E-state index in [0.29, 0.717) is 10.3 Å². The van der Waals surface area contributed by atoms with E-state index in [1.54, 1.807) is 36.4 Å². The van der Waals surface area contributed by atoms with E-state index >= 15 is 0 Å². The molecule has 0 aliphatic rings. The fraction of sp³-hybridized carbons (Fsp3) is 0.100. The normalized spacial score (nSPS) is 12.4. The Hall–Kier alpha value is -2.71. The van der Waals surface area contributed by atoms with Gasteiger partial charge in [-0.25, -0.2) is 0 Å². The van der Waals surface area contributed by atoms with Crippen LogP contribution < -0.4 is 10.0 Å². The van der Waals surface area contributed by atoms with Crippen LogP contribution in [0.1, 0.15) is 16.4 Å². The third-order valence-corrected chi connectivity index (χ3v) is 5.43. The van der Waals surface area contributed by atoms with E-state index in [1.807, 2.05) is 0 Å². The van der Waals surface area contributed by atoms with Crippen LogP contribution in [0.25, 0.3) is 0 Å². The summed E-state index contributed by atoms with van der Waals surface area (Å²) >= 11 is 6.63. The molecule has 4 nitrogen and oxygen atoms in total. The largest absolute Gasteiger partial charge is 0.618 e. The molecule has 0 fully saturated rings. The predicted octanol–water partition coefficient (Wildman–Crippen LogP) is 5.46. The number of nitrogens with zero attached hydrogens (tertiary/aromatic N) is 1. The average molecular weight is 439 g/mol. The van der Waals surface area contributed by atoms with E-state index in [-0.39, 0.29) is 10.0 Å². The van der Waals surface area contributed by atoms with E-state index in [1.165, 1.54) is 24.4 Å². The molecule has 1 aromatic heterocycles. The summed E-state index contributed by atoms with van der Waals surface area (Å²) < 4.78 is 40.6. The van der Waals surface area contributed by atoms with Crippen LogP contribution in [-0.2, 0) is 11.0 Å². The minimum absolute atomic E-state index is 0.0963. The fourth-order valence-electron chi connectivity index (χ4n) is 2.58. The van der Waals surface area contributed by atoms with E-state index < -0.39 is 28.6 Å². The lowest BCUT2D eigenvalue weighted by atomic mass is 10.1. The second-order valence-electron chi connectivity index (χ2n) is 5.95. The molecule has 0 aliphatic carbocycles. The van der Waals surface area contributed by atoms with Crippen molar-refractivity contribution in [3.63, 3.8) is 0 Å². The topological polar surface area (TPSA) is 56.0 Å². The monoisotopic (exact) mass is 438 g/mol. The number of carbonyl (C=O) groups excluding carboxylic acids is 1. The van der Waals surface area contributed by atoms with Crippen molar-refractivity contribution in [2.45, 2.75) is 16.5 Å². The molecule has 2 aromatic carbocycles. The highest BCUT2D eigenvalue weighted by Crippen LogP contribution is 2.39. The van der Waals surface area contributed by atoms with Gasteiger partial charge >= 0.3 is 6.18 Å². The average Bonchev–Trinajstić information content (AvgIpc) is 2.68. The number of aromatic nitrogens is 1. The Kier molecular flexibility index (Phi) is 6.34. The number of anilines is 1. The number of rotatable bonds is 5. The summed E-state index contributed by atoms with van der Waals surface area (Å²) in [6, 6.07) is 16.3. The van der Waals surface area contributed by atoms with Crippen LogP contribution >= 0.6 is 23.4 Å². The van der Waals surface area contributed by atoms with Crippen LogP contribution in [0, 0.1) is 5.21 Å². The van der Waals surface area contributed by atoms with Crippen LogP contribution in [-0.4, -0.2) is 5.91 Å². The van der Waals surface area contributed by atoms with Gasteiger partial charge in [0.05, 0.1) is 11.3 Å². The van der Waals surface area contributed by atoms with Crippen LogP contribution in [0.2, 0.25) is 5.02 Å². The maximum atomic E-state index is 13.3. The fourth-order valence-corrected chi connectivity index (χ4v) is 3.78. The van der Waals surface area contributed by atoms with Crippen molar-refractivity contribution in [1.82, 2.24) is 0 Å². The molecule has 29 heavy (non-hydrogen) atoms. The van der Waals surface area contributed by atoms with Gasteiger partial charge in [-0.1, -0.05) is 41.9 Å². The molecule has 150 valence electrons. The van der Waals surface area contributed by atoms with Gasteiger partial charge in [-0.3, -0.25) is 4.79 Å². The molecule has 0 spiro atoms. The lowest BCUT2D eigenvalue weighted by Crippen LogP contribution is -2.29. The molecule has 0 aliphatic heterocycles. The van der Waals surface area contributed by atoms with Crippen LogP contribution in [0.4, 0.5) is 18.9 Å². The summed E-state index contributed by atoms with van der Waals surface area (Å²) in [5.41, 5.74) is -0.911. The Morgan fingerprint density at radius 1 is 1.07 bits per heavy atom. The Labute approximate surface area is 173 Å². The number of thioether (sulfide) groups is 1. The first-order valence-corrected chi connectivity index (χ1v) is 9.59. The number of amides is 1. The highest BCUT2D eigenvalue weighted by molar-refractivity contribution is 8.00. The third kappa shape index (κ3) is 5.21. The second-order valence-corrected chi connectivity index (χ2v) is 7.51. The SMILES string of the molecule is O=C(Nc1ccc(Cl)cc1C(F)(F)F)[C@H](Sc1cccc[n+]1[O-])c1ccccc1.